The molecule has 11 heavy (non-hydrogen) atoms. The van der Waals surface area contributed by atoms with Gasteiger partial charge in [-0.05, 0) is 25.8 Å². The fraction of sp³-hybridized carbons (Fsp3) is 1.00. The molecule has 0 heterocycles. The van der Waals surface area contributed by atoms with Crippen molar-refractivity contribution in [3.05, 3.63) is 0 Å². The molecule has 1 aliphatic rings. The molecular formula is C9H19NO. The minimum Gasteiger partial charge on any atom is -0.394 e. The maximum absolute atomic E-state index is 8.95. The highest BCUT2D eigenvalue weighted by molar-refractivity contribution is 5.01. The summed E-state index contributed by atoms with van der Waals surface area (Å²) < 4.78 is 0. The molecule has 0 bridgehead atoms. The number of aliphatic hydroxyl groups is 1. The van der Waals surface area contributed by atoms with E-state index in [4.69, 9.17) is 5.11 Å². The standard InChI is InChI=1S/C9H19NO/c1-2-3-4-7-10-9(8-11)5-6-9/h10-11H,2-8H2,1H3. The Bertz CT molecular complexity index is 110. The maximum Gasteiger partial charge on any atom is 0.0613 e. The lowest BCUT2D eigenvalue weighted by atomic mass is 10.2. The van der Waals surface area contributed by atoms with Crippen LogP contribution in [0.25, 0.3) is 0 Å². The van der Waals surface area contributed by atoms with Gasteiger partial charge in [0.05, 0.1) is 6.61 Å². The van der Waals surface area contributed by atoms with E-state index in [0.717, 1.165) is 19.4 Å². The van der Waals surface area contributed by atoms with Gasteiger partial charge in [-0.25, -0.2) is 0 Å². The Kier molecular flexibility index (Phi) is 3.34. The van der Waals surface area contributed by atoms with Crippen molar-refractivity contribution in [3.8, 4) is 0 Å². The second-order valence-corrected chi connectivity index (χ2v) is 3.57. The van der Waals surface area contributed by atoms with E-state index in [1.165, 1.54) is 19.3 Å². The zero-order valence-electron chi connectivity index (χ0n) is 7.40. The van der Waals surface area contributed by atoms with Crippen LogP contribution in [0, 0.1) is 0 Å². The molecule has 0 atom stereocenters. The quantitative estimate of drug-likeness (QED) is 0.569. The normalized spacial score (nSPS) is 20.2. The van der Waals surface area contributed by atoms with Crippen LogP contribution in [0.2, 0.25) is 0 Å². The van der Waals surface area contributed by atoms with E-state index in [1.54, 1.807) is 0 Å². The zero-order valence-corrected chi connectivity index (χ0v) is 7.40. The number of nitrogens with one attached hydrogen (secondary N) is 1. The van der Waals surface area contributed by atoms with Gasteiger partial charge in [0.1, 0.15) is 0 Å². The molecule has 0 spiro atoms. The van der Waals surface area contributed by atoms with Crippen molar-refractivity contribution in [1.82, 2.24) is 5.32 Å². The van der Waals surface area contributed by atoms with Crippen molar-refractivity contribution in [2.75, 3.05) is 13.2 Å². The first kappa shape index (κ1) is 9.01. The Morgan fingerprint density at radius 3 is 2.55 bits per heavy atom. The summed E-state index contributed by atoms with van der Waals surface area (Å²) in [4.78, 5) is 0. The minimum atomic E-state index is 0.147. The highest BCUT2D eigenvalue weighted by atomic mass is 16.3. The summed E-state index contributed by atoms with van der Waals surface area (Å²) in [6.07, 6.45) is 6.14. The van der Waals surface area contributed by atoms with Crippen molar-refractivity contribution in [3.63, 3.8) is 0 Å². The smallest absolute Gasteiger partial charge is 0.0613 e. The number of unbranched alkanes of at least 4 members (excludes halogenated alkanes) is 2. The summed E-state index contributed by atoms with van der Waals surface area (Å²) in [5, 5.41) is 12.4. The van der Waals surface area contributed by atoms with Crippen molar-refractivity contribution in [1.29, 1.82) is 0 Å². The van der Waals surface area contributed by atoms with E-state index in [9.17, 15) is 0 Å². The third kappa shape index (κ3) is 2.80. The average molecular weight is 157 g/mol. The van der Waals surface area contributed by atoms with E-state index in [-0.39, 0.29) is 5.54 Å². The zero-order chi connectivity index (χ0) is 8.16. The van der Waals surface area contributed by atoms with Crippen molar-refractivity contribution < 1.29 is 5.11 Å². The number of aliphatic hydroxyl groups excluding tert-OH is 1. The van der Waals surface area contributed by atoms with Crippen LogP contribution in [-0.2, 0) is 0 Å². The van der Waals surface area contributed by atoms with Crippen LogP contribution < -0.4 is 5.32 Å². The lowest BCUT2D eigenvalue weighted by molar-refractivity contribution is 0.230. The van der Waals surface area contributed by atoms with Gasteiger partial charge in [0.25, 0.3) is 0 Å². The lowest BCUT2D eigenvalue weighted by Crippen LogP contribution is -2.35. The van der Waals surface area contributed by atoms with Gasteiger partial charge in [-0.1, -0.05) is 19.8 Å². The van der Waals surface area contributed by atoms with Gasteiger partial charge in [-0.3, -0.25) is 0 Å². The van der Waals surface area contributed by atoms with E-state index < -0.39 is 0 Å². The SMILES string of the molecule is CCCCCNC1(CO)CC1. The summed E-state index contributed by atoms with van der Waals surface area (Å²) >= 11 is 0. The average Bonchev–Trinajstić information content (AvgIpc) is 2.80. The molecule has 0 aromatic carbocycles. The maximum atomic E-state index is 8.95. The predicted molar refractivity (Wildman–Crippen MR) is 46.6 cm³/mol. The Hall–Kier alpha value is -0.0800. The van der Waals surface area contributed by atoms with Crippen LogP contribution in [0.4, 0.5) is 0 Å². The second-order valence-electron chi connectivity index (χ2n) is 3.57. The monoisotopic (exact) mass is 157 g/mol. The largest absolute Gasteiger partial charge is 0.394 e. The molecule has 2 heteroatoms. The summed E-state index contributed by atoms with van der Waals surface area (Å²) in [7, 11) is 0. The predicted octanol–water partition coefficient (Wildman–Crippen LogP) is 1.29. The van der Waals surface area contributed by atoms with Gasteiger partial charge in [0.15, 0.2) is 0 Å². The molecule has 2 N–H and O–H groups in total. The molecule has 1 fully saturated rings. The molecule has 0 saturated heterocycles. The van der Waals surface area contributed by atoms with E-state index in [2.05, 4.69) is 12.2 Å². The fourth-order valence-corrected chi connectivity index (χ4v) is 1.27. The van der Waals surface area contributed by atoms with Gasteiger partial charge in [-0.15, -0.1) is 0 Å². The topological polar surface area (TPSA) is 32.3 Å². The van der Waals surface area contributed by atoms with Crippen LogP contribution in [0.1, 0.15) is 39.0 Å². The number of hydrogen-bond donors (Lipinski definition) is 2. The molecule has 2 nitrogen and oxygen atoms in total. The van der Waals surface area contributed by atoms with Gasteiger partial charge in [0, 0.05) is 5.54 Å². The van der Waals surface area contributed by atoms with E-state index >= 15 is 0 Å². The Morgan fingerprint density at radius 2 is 2.09 bits per heavy atom. The molecule has 0 aliphatic heterocycles. The summed E-state index contributed by atoms with van der Waals surface area (Å²) in [6.45, 7) is 3.60. The number of hydrogen-bond acceptors (Lipinski definition) is 2. The van der Waals surface area contributed by atoms with Crippen molar-refractivity contribution >= 4 is 0 Å². The summed E-state index contributed by atoms with van der Waals surface area (Å²) in [6, 6.07) is 0. The van der Waals surface area contributed by atoms with Crippen LogP contribution in [0.3, 0.4) is 0 Å². The third-order valence-corrected chi connectivity index (χ3v) is 2.44. The molecule has 0 aromatic heterocycles. The fourth-order valence-electron chi connectivity index (χ4n) is 1.27. The van der Waals surface area contributed by atoms with Gasteiger partial charge >= 0.3 is 0 Å². The molecule has 1 aliphatic carbocycles. The van der Waals surface area contributed by atoms with Crippen molar-refractivity contribution in [2.24, 2.45) is 0 Å². The van der Waals surface area contributed by atoms with Crippen LogP contribution in [-0.4, -0.2) is 23.8 Å². The highest BCUT2D eigenvalue weighted by Crippen LogP contribution is 2.34. The Balaban J connectivity index is 1.94. The second kappa shape index (κ2) is 4.07. The highest BCUT2D eigenvalue weighted by Gasteiger charge is 2.40. The van der Waals surface area contributed by atoms with Gasteiger partial charge in [-0.2, -0.15) is 0 Å². The molecule has 0 radical (unpaired) electrons. The van der Waals surface area contributed by atoms with E-state index in [1.807, 2.05) is 0 Å². The first-order valence-electron chi connectivity index (χ1n) is 4.69. The lowest BCUT2D eigenvalue weighted by Gasteiger charge is -2.13. The molecule has 0 amide bonds. The van der Waals surface area contributed by atoms with Gasteiger partial charge in [0.2, 0.25) is 0 Å². The first-order valence-corrected chi connectivity index (χ1v) is 4.69. The third-order valence-electron chi connectivity index (χ3n) is 2.44. The Labute approximate surface area is 69.0 Å². The molecule has 1 rings (SSSR count). The van der Waals surface area contributed by atoms with Crippen LogP contribution in [0.5, 0.6) is 0 Å². The summed E-state index contributed by atoms with van der Waals surface area (Å²) in [5.74, 6) is 0. The van der Waals surface area contributed by atoms with Crippen LogP contribution in [0.15, 0.2) is 0 Å². The molecular weight excluding hydrogens is 138 g/mol. The molecule has 1 saturated carbocycles. The number of rotatable bonds is 6. The molecule has 66 valence electrons. The van der Waals surface area contributed by atoms with Crippen molar-refractivity contribution in [2.45, 2.75) is 44.6 Å². The minimum absolute atomic E-state index is 0.147. The molecule has 0 aromatic rings. The van der Waals surface area contributed by atoms with Crippen LogP contribution >= 0.6 is 0 Å². The summed E-state index contributed by atoms with van der Waals surface area (Å²) in [5.41, 5.74) is 0.147. The Morgan fingerprint density at radius 1 is 1.36 bits per heavy atom. The van der Waals surface area contributed by atoms with Gasteiger partial charge < -0.3 is 10.4 Å². The molecule has 0 unspecified atom stereocenters. The van der Waals surface area contributed by atoms with E-state index in [0.29, 0.717) is 6.61 Å². The first-order chi connectivity index (χ1) is 5.33.